The second-order valence-corrected chi connectivity index (χ2v) is 10.5. The predicted molar refractivity (Wildman–Crippen MR) is 150 cm³/mol. The lowest BCUT2D eigenvalue weighted by Gasteiger charge is -2.13. The van der Waals surface area contributed by atoms with Gasteiger partial charge in [-0.1, -0.05) is 35.9 Å². The van der Waals surface area contributed by atoms with Gasteiger partial charge in [0.1, 0.15) is 0 Å². The Morgan fingerprint density at radius 2 is 1.76 bits per heavy atom. The molecule has 37 heavy (non-hydrogen) atoms. The average molecular weight is 554 g/mol. The number of aromatic nitrogens is 1. The van der Waals surface area contributed by atoms with E-state index in [4.69, 9.17) is 21.1 Å². The number of thioether (sulfide) groups is 1. The van der Waals surface area contributed by atoms with Gasteiger partial charge in [-0.25, -0.2) is 4.98 Å². The van der Waals surface area contributed by atoms with Crippen LogP contribution in [0.2, 0.25) is 5.02 Å². The summed E-state index contributed by atoms with van der Waals surface area (Å²) in [7, 11) is 3.06. The minimum absolute atomic E-state index is 0.176. The molecule has 2 N–H and O–H groups in total. The largest absolute Gasteiger partial charge is 0.493 e. The van der Waals surface area contributed by atoms with Gasteiger partial charge in [0.25, 0.3) is 5.91 Å². The Labute approximate surface area is 228 Å². The predicted octanol–water partition coefficient (Wildman–Crippen LogP) is 6.85. The normalized spacial score (nSPS) is 11.5. The van der Waals surface area contributed by atoms with Crippen LogP contribution in [0.15, 0.2) is 77.0 Å². The Balaban J connectivity index is 1.37. The molecule has 0 aliphatic rings. The molecule has 3 aromatic carbocycles. The molecule has 0 bridgehead atoms. The highest BCUT2D eigenvalue weighted by atomic mass is 35.5. The van der Waals surface area contributed by atoms with Gasteiger partial charge in [0, 0.05) is 32.1 Å². The minimum atomic E-state index is -0.399. The fourth-order valence-corrected chi connectivity index (χ4v) is 5.29. The van der Waals surface area contributed by atoms with Crippen molar-refractivity contribution in [2.75, 3.05) is 24.9 Å². The van der Waals surface area contributed by atoms with Crippen molar-refractivity contribution in [3.63, 3.8) is 0 Å². The van der Waals surface area contributed by atoms with E-state index in [-0.39, 0.29) is 11.8 Å². The fraction of sp³-hybridized carbons (Fsp3) is 0.148. The number of nitrogens with zero attached hydrogens (tertiary/aromatic N) is 1. The standard InChI is InChI=1S/C27H24ClN3O4S2/c1-16(25(32)31-27-30-22(15-36-27)20-9-4-5-10-21(20)28)37-19-8-6-7-18(14-19)29-26(33)17-11-12-23(34-2)24(13-17)35-3/h4-16H,1-3H3,(H,29,33)(H,30,31,32). The van der Waals surface area contributed by atoms with Crippen LogP contribution in [-0.2, 0) is 4.79 Å². The summed E-state index contributed by atoms with van der Waals surface area (Å²) in [5.41, 5.74) is 2.57. The molecule has 7 nitrogen and oxygen atoms in total. The van der Waals surface area contributed by atoms with Crippen molar-refractivity contribution in [2.45, 2.75) is 17.1 Å². The molecule has 0 spiro atoms. The minimum Gasteiger partial charge on any atom is -0.493 e. The Morgan fingerprint density at radius 3 is 2.51 bits per heavy atom. The molecule has 1 atom stereocenters. The highest BCUT2D eigenvalue weighted by Gasteiger charge is 2.18. The van der Waals surface area contributed by atoms with Crippen LogP contribution < -0.4 is 20.1 Å². The molecule has 0 saturated heterocycles. The zero-order chi connectivity index (χ0) is 26.4. The summed E-state index contributed by atoms with van der Waals surface area (Å²) in [5, 5.41) is 8.33. The number of rotatable bonds is 9. The molecular formula is C27H24ClN3O4S2. The summed E-state index contributed by atoms with van der Waals surface area (Å²) in [6, 6.07) is 19.7. The Bertz CT molecular complexity index is 1430. The molecule has 1 unspecified atom stereocenters. The SMILES string of the molecule is COc1ccc(C(=O)Nc2cccc(SC(C)C(=O)Nc3nc(-c4ccccc4Cl)cs3)c2)cc1OC. The van der Waals surface area contributed by atoms with Crippen LogP contribution in [0, 0.1) is 0 Å². The zero-order valence-corrected chi connectivity index (χ0v) is 22.7. The van der Waals surface area contributed by atoms with Crippen LogP contribution in [0.4, 0.5) is 10.8 Å². The third kappa shape index (κ3) is 6.62. The first-order chi connectivity index (χ1) is 17.9. The summed E-state index contributed by atoms with van der Waals surface area (Å²) in [4.78, 5) is 30.9. The molecule has 190 valence electrons. The van der Waals surface area contributed by atoms with Crippen molar-refractivity contribution in [3.8, 4) is 22.8 Å². The third-order valence-electron chi connectivity index (χ3n) is 5.30. The molecule has 1 heterocycles. The molecule has 4 rings (SSSR count). The van der Waals surface area contributed by atoms with Crippen LogP contribution in [0.3, 0.4) is 0 Å². The summed E-state index contributed by atoms with van der Waals surface area (Å²) in [6.07, 6.45) is 0. The second kappa shape index (κ2) is 12.1. The lowest BCUT2D eigenvalue weighted by Crippen LogP contribution is -2.22. The number of methoxy groups -OCH3 is 2. The molecule has 0 fully saturated rings. The molecule has 4 aromatic rings. The van der Waals surface area contributed by atoms with Gasteiger partial charge < -0.3 is 20.1 Å². The molecule has 0 saturated carbocycles. The van der Waals surface area contributed by atoms with Crippen molar-refractivity contribution < 1.29 is 19.1 Å². The van der Waals surface area contributed by atoms with Gasteiger partial charge in [0.15, 0.2) is 16.6 Å². The van der Waals surface area contributed by atoms with Crippen LogP contribution >= 0.6 is 34.7 Å². The first-order valence-electron chi connectivity index (χ1n) is 11.2. The monoisotopic (exact) mass is 553 g/mol. The van der Waals surface area contributed by atoms with Gasteiger partial charge in [0.05, 0.1) is 25.2 Å². The quantitative estimate of drug-likeness (QED) is 0.220. The highest BCUT2D eigenvalue weighted by molar-refractivity contribution is 8.00. The smallest absolute Gasteiger partial charge is 0.255 e. The van der Waals surface area contributed by atoms with Crippen LogP contribution in [0.25, 0.3) is 11.3 Å². The number of halogens is 1. The molecular weight excluding hydrogens is 530 g/mol. The van der Waals surface area contributed by atoms with E-state index in [0.29, 0.717) is 38.6 Å². The summed E-state index contributed by atoms with van der Waals surface area (Å²) < 4.78 is 10.5. The molecule has 0 aliphatic heterocycles. The van der Waals surface area contributed by atoms with Gasteiger partial charge in [-0.2, -0.15) is 0 Å². The number of carbonyl (C=O) groups is 2. The van der Waals surface area contributed by atoms with Gasteiger partial charge >= 0.3 is 0 Å². The molecule has 0 radical (unpaired) electrons. The van der Waals surface area contributed by atoms with E-state index in [1.54, 1.807) is 30.3 Å². The van der Waals surface area contributed by atoms with Crippen LogP contribution in [0.1, 0.15) is 17.3 Å². The number of amides is 2. The number of thiazole rings is 1. The van der Waals surface area contributed by atoms with Crippen molar-refractivity contribution in [3.05, 3.63) is 82.7 Å². The molecule has 10 heteroatoms. The summed E-state index contributed by atoms with van der Waals surface area (Å²) in [6.45, 7) is 1.82. The lowest BCUT2D eigenvalue weighted by molar-refractivity contribution is -0.115. The molecule has 1 aromatic heterocycles. The number of hydrogen-bond acceptors (Lipinski definition) is 7. The van der Waals surface area contributed by atoms with E-state index in [0.717, 1.165) is 10.5 Å². The topological polar surface area (TPSA) is 89.5 Å². The van der Waals surface area contributed by atoms with E-state index >= 15 is 0 Å². The Morgan fingerprint density at radius 1 is 0.973 bits per heavy atom. The van der Waals surface area contributed by atoms with Crippen LogP contribution in [0.5, 0.6) is 11.5 Å². The Hall–Kier alpha value is -3.53. The first kappa shape index (κ1) is 26.5. The van der Waals surface area contributed by atoms with Crippen molar-refractivity contribution in [1.82, 2.24) is 4.98 Å². The highest BCUT2D eigenvalue weighted by Crippen LogP contribution is 2.32. The van der Waals surface area contributed by atoms with Gasteiger partial charge in [-0.15, -0.1) is 23.1 Å². The average Bonchev–Trinajstić information content (AvgIpc) is 3.36. The number of ether oxygens (including phenoxy) is 2. The van der Waals surface area contributed by atoms with Crippen molar-refractivity contribution in [1.29, 1.82) is 0 Å². The molecule has 0 aliphatic carbocycles. The lowest BCUT2D eigenvalue weighted by atomic mass is 10.2. The number of hydrogen-bond donors (Lipinski definition) is 2. The summed E-state index contributed by atoms with van der Waals surface area (Å²) in [5.74, 6) is 0.554. The summed E-state index contributed by atoms with van der Waals surface area (Å²) >= 11 is 8.98. The second-order valence-electron chi connectivity index (χ2n) is 7.82. The zero-order valence-electron chi connectivity index (χ0n) is 20.3. The number of carbonyl (C=O) groups excluding carboxylic acids is 2. The number of nitrogens with one attached hydrogen (secondary N) is 2. The first-order valence-corrected chi connectivity index (χ1v) is 13.3. The van der Waals surface area contributed by atoms with Crippen molar-refractivity contribution in [2.24, 2.45) is 0 Å². The van der Waals surface area contributed by atoms with Crippen LogP contribution in [-0.4, -0.2) is 36.3 Å². The number of anilines is 2. The third-order valence-corrected chi connectivity index (χ3v) is 7.48. The maximum atomic E-state index is 12.8. The fourth-order valence-electron chi connectivity index (χ4n) is 3.42. The van der Waals surface area contributed by atoms with E-state index in [1.807, 2.05) is 48.7 Å². The molecule has 2 amide bonds. The van der Waals surface area contributed by atoms with Gasteiger partial charge in [-0.3, -0.25) is 9.59 Å². The van der Waals surface area contributed by atoms with E-state index < -0.39 is 5.25 Å². The Kier molecular flexibility index (Phi) is 8.70. The van der Waals surface area contributed by atoms with Gasteiger partial charge in [0.2, 0.25) is 5.91 Å². The number of benzene rings is 3. The van der Waals surface area contributed by atoms with Gasteiger partial charge in [-0.05, 0) is 49.4 Å². The maximum absolute atomic E-state index is 12.8. The van der Waals surface area contributed by atoms with E-state index in [1.165, 1.54) is 37.3 Å². The van der Waals surface area contributed by atoms with E-state index in [2.05, 4.69) is 15.6 Å². The van der Waals surface area contributed by atoms with Crippen molar-refractivity contribution >= 4 is 57.3 Å². The maximum Gasteiger partial charge on any atom is 0.255 e. The van der Waals surface area contributed by atoms with E-state index in [9.17, 15) is 9.59 Å².